The summed E-state index contributed by atoms with van der Waals surface area (Å²) in [6.45, 7) is 1.42. The van der Waals surface area contributed by atoms with E-state index in [1.807, 2.05) is 42.5 Å². The Morgan fingerprint density at radius 2 is 1.80 bits per heavy atom. The Balaban J connectivity index is 1.20. The van der Waals surface area contributed by atoms with Crippen molar-refractivity contribution in [3.8, 4) is 11.5 Å². The summed E-state index contributed by atoms with van der Waals surface area (Å²) in [5.74, 6) is 1.25. The van der Waals surface area contributed by atoms with Crippen LogP contribution < -0.4 is 20.1 Å². The molecule has 0 radical (unpaired) electrons. The van der Waals surface area contributed by atoms with Crippen LogP contribution in [0.25, 0.3) is 0 Å². The highest BCUT2D eigenvalue weighted by molar-refractivity contribution is 6.30. The number of nitrogens with zero attached hydrogens (tertiary/aromatic N) is 4. The van der Waals surface area contributed by atoms with E-state index in [1.165, 1.54) is 36.9 Å². The normalized spacial score (nSPS) is 19.2. The van der Waals surface area contributed by atoms with Crippen molar-refractivity contribution in [1.82, 2.24) is 19.9 Å². The monoisotopic (exact) mass is 560 g/mol. The first-order valence-electron chi connectivity index (χ1n) is 12.9. The fourth-order valence-corrected chi connectivity index (χ4v) is 5.55. The number of rotatable bonds is 7. The number of hydrogen-bond acceptors (Lipinski definition) is 8. The average Bonchev–Trinajstić information content (AvgIpc) is 3.35. The number of ether oxygens (including phenoxy) is 2. The maximum atomic E-state index is 13.4. The second-order valence-corrected chi connectivity index (χ2v) is 10.00. The van der Waals surface area contributed by atoms with Crippen molar-refractivity contribution in [2.75, 3.05) is 30.3 Å². The zero-order valence-electron chi connectivity index (χ0n) is 21.3. The van der Waals surface area contributed by atoms with Gasteiger partial charge in [-0.3, -0.25) is 4.90 Å². The second kappa shape index (κ2) is 11.4. The maximum Gasteiger partial charge on any atom is 0.415 e. The van der Waals surface area contributed by atoms with Gasteiger partial charge in [0.25, 0.3) is 0 Å². The highest BCUT2D eigenvalue weighted by atomic mass is 35.5. The molecule has 0 saturated carbocycles. The van der Waals surface area contributed by atoms with Gasteiger partial charge in [0.15, 0.2) is 0 Å². The molecule has 1 saturated heterocycles. The van der Waals surface area contributed by atoms with Crippen LogP contribution >= 0.6 is 11.6 Å². The molecule has 204 valence electrons. The number of fused-ring (bicyclic) bond motifs is 3. The summed E-state index contributed by atoms with van der Waals surface area (Å²) in [4.78, 5) is 27.0. The van der Waals surface area contributed by atoms with Gasteiger partial charge in [-0.1, -0.05) is 23.7 Å². The summed E-state index contributed by atoms with van der Waals surface area (Å²) in [6.07, 6.45) is 3.11. The van der Waals surface area contributed by atoms with Gasteiger partial charge in [-0.2, -0.15) is 0 Å². The Kier molecular flexibility index (Phi) is 7.33. The third-order valence-electron chi connectivity index (χ3n) is 7.15. The number of aromatic nitrogens is 3. The van der Waals surface area contributed by atoms with Gasteiger partial charge in [0.2, 0.25) is 5.95 Å². The zero-order chi connectivity index (χ0) is 27.5. The number of anilines is 2. The molecule has 0 aliphatic carbocycles. The third kappa shape index (κ3) is 5.48. The van der Waals surface area contributed by atoms with Crippen molar-refractivity contribution in [2.24, 2.45) is 0 Å². The minimum Gasteiger partial charge on any atom is -0.492 e. The Morgan fingerprint density at radius 3 is 2.58 bits per heavy atom. The van der Waals surface area contributed by atoms with E-state index in [1.54, 1.807) is 4.90 Å². The lowest BCUT2D eigenvalue weighted by Crippen LogP contribution is -2.50. The maximum absolute atomic E-state index is 13.4. The third-order valence-corrected chi connectivity index (χ3v) is 7.38. The molecule has 2 N–H and O–H groups in total. The van der Waals surface area contributed by atoms with Crippen LogP contribution in [0, 0.1) is 5.82 Å². The summed E-state index contributed by atoms with van der Waals surface area (Å²) in [5.41, 5.74) is 3.11. The molecule has 0 spiro atoms. The quantitative estimate of drug-likeness (QED) is 0.278. The topological polar surface area (TPSA) is 102 Å². The van der Waals surface area contributed by atoms with Gasteiger partial charge in [-0.15, -0.1) is 0 Å². The van der Waals surface area contributed by atoms with Gasteiger partial charge in [0.1, 0.15) is 36.6 Å². The summed E-state index contributed by atoms with van der Waals surface area (Å²) < 4.78 is 24.9. The van der Waals surface area contributed by atoms with Gasteiger partial charge in [-0.25, -0.2) is 24.1 Å². The number of carbonyl (C=O) groups is 1. The molecule has 1 aromatic heterocycles. The first kappa shape index (κ1) is 25.8. The van der Waals surface area contributed by atoms with E-state index in [0.717, 1.165) is 23.2 Å². The smallest absolute Gasteiger partial charge is 0.415 e. The first-order chi connectivity index (χ1) is 19.5. The SMILES string of the molecule is O=C(Oc1ccc(F)cc1)N1CCC2c3cc(Cl)ccc3NC2C1c1ccc(OCCNc2ncncn2)cc1. The number of halogens is 2. The first-order valence-corrected chi connectivity index (χ1v) is 13.3. The lowest BCUT2D eigenvalue weighted by Gasteiger charge is -2.42. The number of piperidine rings is 1. The summed E-state index contributed by atoms with van der Waals surface area (Å²) in [6, 6.07) is 18.6. The Hall–Kier alpha value is -4.44. The molecule has 3 aromatic carbocycles. The molecule has 0 bridgehead atoms. The van der Waals surface area contributed by atoms with E-state index in [-0.39, 0.29) is 23.8 Å². The van der Waals surface area contributed by atoms with Gasteiger partial charge in [0.05, 0.1) is 18.6 Å². The van der Waals surface area contributed by atoms with E-state index in [9.17, 15) is 9.18 Å². The molecular weight excluding hydrogens is 535 g/mol. The van der Waals surface area contributed by atoms with Crippen molar-refractivity contribution in [3.05, 3.63) is 101 Å². The van der Waals surface area contributed by atoms with Crippen molar-refractivity contribution in [3.63, 3.8) is 0 Å². The van der Waals surface area contributed by atoms with E-state index >= 15 is 0 Å². The number of amides is 1. The van der Waals surface area contributed by atoms with Gasteiger partial charge in [-0.05, 0) is 72.1 Å². The zero-order valence-corrected chi connectivity index (χ0v) is 22.1. The molecule has 3 atom stereocenters. The molecule has 1 amide bonds. The minimum atomic E-state index is -0.490. The van der Waals surface area contributed by atoms with E-state index in [2.05, 4.69) is 25.6 Å². The summed E-state index contributed by atoms with van der Waals surface area (Å²) in [7, 11) is 0. The second-order valence-electron chi connectivity index (χ2n) is 9.56. The minimum absolute atomic E-state index is 0.0840. The number of nitrogens with one attached hydrogen (secondary N) is 2. The van der Waals surface area contributed by atoms with Crippen molar-refractivity contribution in [1.29, 1.82) is 0 Å². The Morgan fingerprint density at radius 1 is 1.05 bits per heavy atom. The fourth-order valence-electron chi connectivity index (χ4n) is 5.37. The van der Waals surface area contributed by atoms with E-state index in [4.69, 9.17) is 21.1 Å². The molecule has 3 heterocycles. The molecule has 11 heteroatoms. The lowest BCUT2D eigenvalue weighted by atomic mass is 9.81. The predicted octanol–water partition coefficient (Wildman–Crippen LogP) is 5.68. The highest BCUT2D eigenvalue weighted by Gasteiger charge is 2.46. The molecule has 6 rings (SSSR count). The van der Waals surface area contributed by atoms with Gasteiger partial charge in [0, 0.05) is 23.2 Å². The Labute approximate surface area is 235 Å². The van der Waals surface area contributed by atoms with Gasteiger partial charge < -0.3 is 20.1 Å². The standard InChI is InChI=1S/C29H26ClFN6O3/c30-19-3-10-25-24(15-19)23-11-13-37(29(38)40-22-8-4-20(31)5-9-22)27(26(23)36-25)18-1-6-21(7-2-18)39-14-12-33-28-34-16-32-17-35-28/h1-10,15-17,23,26-27,36H,11-14H2,(H,32,33,34,35). The predicted molar refractivity (Wildman–Crippen MR) is 148 cm³/mol. The van der Waals surface area contributed by atoms with E-state index in [0.29, 0.717) is 36.4 Å². The van der Waals surface area contributed by atoms with Crippen LogP contribution in [-0.2, 0) is 0 Å². The molecule has 4 aromatic rings. The van der Waals surface area contributed by atoms with Crippen molar-refractivity contribution < 1.29 is 18.7 Å². The van der Waals surface area contributed by atoms with Crippen LogP contribution in [-0.4, -0.2) is 51.7 Å². The molecule has 9 nitrogen and oxygen atoms in total. The lowest BCUT2D eigenvalue weighted by molar-refractivity contribution is 0.102. The van der Waals surface area contributed by atoms with Gasteiger partial charge >= 0.3 is 6.09 Å². The van der Waals surface area contributed by atoms with Crippen LogP contribution in [0.15, 0.2) is 79.4 Å². The largest absolute Gasteiger partial charge is 0.492 e. The summed E-state index contributed by atoms with van der Waals surface area (Å²) in [5, 5.41) is 7.38. The number of benzene rings is 3. The highest BCUT2D eigenvalue weighted by Crippen LogP contribution is 2.48. The summed E-state index contributed by atoms with van der Waals surface area (Å²) >= 11 is 6.33. The number of likely N-dealkylation sites (tertiary alicyclic amines) is 1. The van der Waals surface area contributed by atoms with Crippen molar-refractivity contribution in [2.45, 2.75) is 24.4 Å². The van der Waals surface area contributed by atoms with Crippen LogP contribution in [0.1, 0.15) is 29.5 Å². The molecular formula is C29H26ClFN6O3. The van der Waals surface area contributed by atoms with Crippen LogP contribution in [0.3, 0.4) is 0 Å². The molecule has 40 heavy (non-hydrogen) atoms. The van der Waals surface area contributed by atoms with Crippen LogP contribution in [0.5, 0.6) is 11.5 Å². The number of carbonyl (C=O) groups excluding carboxylic acids is 1. The molecule has 1 fully saturated rings. The molecule has 3 unspecified atom stereocenters. The van der Waals surface area contributed by atoms with Crippen LogP contribution in [0.4, 0.5) is 20.8 Å². The van der Waals surface area contributed by atoms with E-state index < -0.39 is 11.9 Å². The molecule has 2 aliphatic rings. The number of hydrogen-bond donors (Lipinski definition) is 2. The molecule has 2 aliphatic heterocycles. The van der Waals surface area contributed by atoms with Crippen molar-refractivity contribution >= 4 is 29.3 Å². The average molecular weight is 561 g/mol. The Bertz CT molecular complexity index is 1480. The van der Waals surface area contributed by atoms with Crippen LogP contribution in [0.2, 0.25) is 5.02 Å². The fraction of sp³-hybridized carbons (Fsp3) is 0.241.